The van der Waals surface area contributed by atoms with Crippen LogP contribution >= 0.6 is 0 Å². The molecule has 1 atom stereocenters. The molecule has 12 heavy (non-hydrogen) atoms. The van der Waals surface area contributed by atoms with Gasteiger partial charge in [-0.15, -0.1) is 0 Å². The SMILES string of the molecule is CN(C=O)C(O)c1ccccc1. The van der Waals surface area contributed by atoms with Crippen molar-refractivity contribution in [2.75, 3.05) is 7.05 Å². The molecule has 1 unspecified atom stereocenters. The molecule has 0 aliphatic heterocycles. The van der Waals surface area contributed by atoms with E-state index in [-0.39, 0.29) is 0 Å². The average molecular weight is 165 g/mol. The predicted octanol–water partition coefficient (Wildman–Crippen LogP) is 0.766. The van der Waals surface area contributed by atoms with Crippen LogP contribution in [-0.2, 0) is 4.79 Å². The molecule has 0 aliphatic rings. The summed E-state index contributed by atoms with van der Waals surface area (Å²) in [7, 11) is 1.53. The molecule has 1 N–H and O–H groups in total. The van der Waals surface area contributed by atoms with Gasteiger partial charge in [-0.05, 0) is 0 Å². The highest BCUT2D eigenvalue weighted by Crippen LogP contribution is 2.13. The summed E-state index contributed by atoms with van der Waals surface area (Å²) in [6.07, 6.45) is -0.249. The van der Waals surface area contributed by atoms with Crippen LogP contribution in [0.2, 0.25) is 0 Å². The van der Waals surface area contributed by atoms with E-state index in [9.17, 15) is 9.90 Å². The van der Waals surface area contributed by atoms with Gasteiger partial charge in [-0.2, -0.15) is 0 Å². The molecule has 3 heteroatoms. The number of amides is 1. The maximum atomic E-state index is 10.3. The molecule has 1 aromatic carbocycles. The molecular formula is C9H11NO2. The molecule has 1 rings (SSSR count). The molecular weight excluding hydrogens is 154 g/mol. The Morgan fingerprint density at radius 3 is 2.50 bits per heavy atom. The highest BCUT2D eigenvalue weighted by molar-refractivity contribution is 5.47. The Labute approximate surface area is 71.2 Å². The molecule has 0 aliphatic carbocycles. The first-order valence-corrected chi connectivity index (χ1v) is 3.66. The third-order valence-corrected chi connectivity index (χ3v) is 1.65. The van der Waals surface area contributed by atoms with Gasteiger partial charge >= 0.3 is 0 Å². The third kappa shape index (κ3) is 1.83. The van der Waals surface area contributed by atoms with Crippen LogP contribution in [0.15, 0.2) is 30.3 Å². The van der Waals surface area contributed by atoms with Gasteiger partial charge in [-0.25, -0.2) is 0 Å². The number of carbonyl (C=O) groups is 1. The molecule has 0 radical (unpaired) electrons. The summed E-state index contributed by atoms with van der Waals surface area (Å²) >= 11 is 0. The van der Waals surface area contributed by atoms with Gasteiger partial charge in [0.15, 0.2) is 6.23 Å². The number of carbonyl (C=O) groups excluding carboxylic acids is 1. The van der Waals surface area contributed by atoms with Crippen molar-refractivity contribution in [2.45, 2.75) is 6.23 Å². The molecule has 1 aromatic rings. The van der Waals surface area contributed by atoms with E-state index in [0.29, 0.717) is 12.0 Å². The largest absolute Gasteiger partial charge is 0.369 e. The Kier molecular flexibility index (Phi) is 2.82. The molecule has 0 aromatic heterocycles. The molecule has 0 spiro atoms. The first kappa shape index (κ1) is 8.74. The van der Waals surface area contributed by atoms with Gasteiger partial charge < -0.3 is 10.0 Å². The Bertz CT molecular complexity index is 248. The van der Waals surface area contributed by atoms with Crippen molar-refractivity contribution in [3.63, 3.8) is 0 Å². The normalized spacial score (nSPS) is 12.2. The molecule has 0 saturated carbocycles. The fourth-order valence-electron chi connectivity index (χ4n) is 0.918. The van der Waals surface area contributed by atoms with Gasteiger partial charge in [0.2, 0.25) is 6.41 Å². The number of rotatable bonds is 3. The minimum Gasteiger partial charge on any atom is -0.369 e. The minimum absolute atomic E-state index is 0.595. The van der Waals surface area contributed by atoms with E-state index >= 15 is 0 Å². The van der Waals surface area contributed by atoms with Crippen molar-refractivity contribution < 1.29 is 9.90 Å². The number of hydrogen-bond donors (Lipinski definition) is 1. The number of aliphatic hydroxyl groups is 1. The zero-order chi connectivity index (χ0) is 8.97. The van der Waals surface area contributed by atoms with Crippen LogP contribution in [0.25, 0.3) is 0 Å². The van der Waals surface area contributed by atoms with E-state index in [1.807, 2.05) is 18.2 Å². The quantitative estimate of drug-likeness (QED) is 0.530. The lowest BCUT2D eigenvalue weighted by Crippen LogP contribution is -2.22. The molecule has 0 saturated heterocycles. The summed E-state index contributed by atoms with van der Waals surface area (Å²) in [4.78, 5) is 11.5. The van der Waals surface area contributed by atoms with E-state index < -0.39 is 6.23 Å². The highest BCUT2D eigenvalue weighted by atomic mass is 16.3. The molecule has 0 heterocycles. The standard InChI is InChI=1S/C9H11NO2/c1-10(7-11)9(12)8-5-3-2-4-6-8/h2-7,9,12H,1H3. The summed E-state index contributed by atoms with van der Waals surface area (Å²) < 4.78 is 0. The second kappa shape index (κ2) is 3.88. The van der Waals surface area contributed by atoms with Crippen molar-refractivity contribution >= 4 is 6.41 Å². The molecule has 3 nitrogen and oxygen atoms in total. The fraction of sp³-hybridized carbons (Fsp3) is 0.222. The lowest BCUT2D eigenvalue weighted by molar-refractivity contribution is -0.125. The smallest absolute Gasteiger partial charge is 0.211 e. The second-order valence-corrected chi connectivity index (χ2v) is 2.56. The number of benzene rings is 1. The Hall–Kier alpha value is -1.35. The summed E-state index contributed by atoms with van der Waals surface area (Å²) in [5.41, 5.74) is 0.715. The van der Waals surface area contributed by atoms with Crippen molar-refractivity contribution in [2.24, 2.45) is 0 Å². The minimum atomic E-state index is -0.844. The van der Waals surface area contributed by atoms with Crippen molar-refractivity contribution in [1.82, 2.24) is 4.90 Å². The van der Waals surface area contributed by atoms with Crippen LogP contribution in [0.5, 0.6) is 0 Å². The van der Waals surface area contributed by atoms with E-state index in [4.69, 9.17) is 0 Å². The topological polar surface area (TPSA) is 40.5 Å². The fourth-order valence-corrected chi connectivity index (χ4v) is 0.918. The maximum Gasteiger partial charge on any atom is 0.211 e. The first-order chi connectivity index (χ1) is 5.75. The lowest BCUT2D eigenvalue weighted by atomic mass is 10.2. The van der Waals surface area contributed by atoms with Gasteiger partial charge in [0.1, 0.15) is 0 Å². The summed E-state index contributed by atoms with van der Waals surface area (Å²) in [6.45, 7) is 0. The Balaban J connectivity index is 2.78. The van der Waals surface area contributed by atoms with Crippen LogP contribution in [0.3, 0.4) is 0 Å². The van der Waals surface area contributed by atoms with Gasteiger partial charge in [-0.1, -0.05) is 30.3 Å². The van der Waals surface area contributed by atoms with Crippen LogP contribution in [0.1, 0.15) is 11.8 Å². The van der Waals surface area contributed by atoms with Gasteiger partial charge in [0.25, 0.3) is 0 Å². The van der Waals surface area contributed by atoms with Crippen molar-refractivity contribution in [3.05, 3.63) is 35.9 Å². The van der Waals surface area contributed by atoms with Crippen molar-refractivity contribution in [3.8, 4) is 0 Å². The van der Waals surface area contributed by atoms with Gasteiger partial charge in [0.05, 0.1) is 0 Å². The lowest BCUT2D eigenvalue weighted by Gasteiger charge is -2.18. The van der Waals surface area contributed by atoms with E-state index in [1.54, 1.807) is 12.1 Å². The zero-order valence-corrected chi connectivity index (χ0v) is 6.84. The monoisotopic (exact) mass is 165 g/mol. The van der Waals surface area contributed by atoms with E-state index in [0.717, 1.165) is 0 Å². The average Bonchev–Trinajstić information content (AvgIpc) is 2.17. The highest BCUT2D eigenvalue weighted by Gasteiger charge is 2.09. The summed E-state index contributed by atoms with van der Waals surface area (Å²) in [6, 6.07) is 9.03. The second-order valence-electron chi connectivity index (χ2n) is 2.56. The maximum absolute atomic E-state index is 10.3. The van der Waals surface area contributed by atoms with Crippen molar-refractivity contribution in [1.29, 1.82) is 0 Å². The molecule has 1 amide bonds. The van der Waals surface area contributed by atoms with E-state index in [1.165, 1.54) is 11.9 Å². The number of aliphatic hydroxyl groups excluding tert-OH is 1. The van der Waals surface area contributed by atoms with Crippen LogP contribution in [-0.4, -0.2) is 23.5 Å². The van der Waals surface area contributed by atoms with Crippen LogP contribution in [0, 0.1) is 0 Å². The zero-order valence-electron chi connectivity index (χ0n) is 6.84. The first-order valence-electron chi connectivity index (χ1n) is 3.66. The van der Waals surface area contributed by atoms with Gasteiger partial charge in [-0.3, -0.25) is 4.79 Å². The third-order valence-electron chi connectivity index (χ3n) is 1.65. The number of nitrogens with zero attached hydrogens (tertiary/aromatic N) is 1. The predicted molar refractivity (Wildman–Crippen MR) is 45.2 cm³/mol. The molecule has 0 bridgehead atoms. The summed E-state index contributed by atoms with van der Waals surface area (Å²) in [5, 5.41) is 9.48. The Morgan fingerprint density at radius 1 is 1.42 bits per heavy atom. The van der Waals surface area contributed by atoms with Crippen LogP contribution < -0.4 is 0 Å². The Morgan fingerprint density at radius 2 is 2.00 bits per heavy atom. The molecule has 0 fully saturated rings. The van der Waals surface area contributed by atoms with Crippen LogP contribution in [0.4, 0.5) is 0 Å². The summed E-state index contributed by atoms with van der Waals surface area (Å²) in [5.74, 6) is 0. The molecule has 64 valence electrons. The number of hydrogen-bond acceptors (Lipinski definition) is 2. The van der Waals surface area contributed by atoms with E-state index in [2.05, 4.69) is 0 Å². The van der Waals surface area contributed by atoms with Gasteiger partial charge in [0, 0.05) is 12.6 Å².